The Labute approximate surface area is 206 Å². The number of Topliss-reactive ketones (excluding diaryl/α,β-unsaturated/α-hetero) is 1. The highest BCUT2D eigenvalue weighted by molar-refractivity contribution is 5.95. The minimum absolute atomic E-state index is 0.00984. The van der Waals surface area contributed by atoms with E-state index in [1.807, 2.05) is 50.3 Å². The number of allylic oxidation sites excluding steroid dienone is 1. The van der Waals surface area contributed by atoms with Crippen LogP contribution in [-0.2, 0) is 16.0 Å². The van der Waals surface area contributed by atoms with Gasteiger partial charge in [-0.3, -0.25) is 9.69 Å². The fourth-order valence-electron chi connectivity index (χ4n) is 8.06. The Balaban J connectivity index is 1.34. The average Bonchev–Trinajstić information content (AvgIpc) is 3.12. The molecule has 1 amide bonds. The van der Waals surface area contributed by atoms with E-state index >= 15 is 0 Å². The Morgan fingerprint density at radius 2 is 2.00 bits per heavy atom. The van der Waals surface area contributed by atoms with E-state index in [0.29, 0.717) is 24.5 Å². The average molecular weight is 478 g/mol. The maximum Gasteiger partial charge on any atom is 0.414 e. The number of aliphatic hydroxyl groups is 2. The molecule has 6 nitrogen and oxygen atoms in total. The summed E-state index contributed by atoms with van der Waals surface area (Å²) in [7, 11) is 0. The predicted octanol–water partition coefficient (Wildman–Crippen LogP) is 4.05. The van der Waals surface area contributed by atoms with E-state index in [2.05, 4.69) is 13.8 Å². The second-order valence-electron chi connectivity index (χ2n) is 12.0. The lowest BCUT2D eigenvalue weighted by Crippen LogP contribution is -2.60. The number of rotatable bonds is 2. The van der Waals surface area contributed by atoms with Crippen molar-refractivity contribution in [1.82, 2.24) is 0 Å². The van der Waals surface area contributed by atoms with Gasteiger partial charge in [-0.05, 0) is 60.6 Å². The third-order valence-corrected chi connectivity index (χ3v) is 10.3. The van der Waals surface area contributed by atoms with Crippen molar-refractivity contribution in [2.75, 3.05) is 18.1 Å². The van der Waals surface area contributed by atoms with E-state index in [4.69, 9.17) is 4.74 Å². The van der Waals surface area contributed by atoms with Crippen LogP contribution in [0.2, 0.25) is 0 Å². The summed E-state index contributed by atoms with van der Waals surface area (Å²) in [4.78, 5) is 28.8. The number of hydrogen-bond donors (Lipinski definition) is 2. The molecule has 7 atom stereocenters. The number of fused-ring (bicyclic) bond motifs is 4. The molecule has 2 bridgehead atoms. The van der Waals surface area contributed by atoms with E-state index in [0.717, 1.165) is 29.7 Å². The number of amides is 1. The lowest BCUT2D eigenvalue weighted by Gasteiger charge is -2.46. The minimum Gasteiger partial charge on any atom is -0.445 e. The van der Waals surface area contributed by atoms with Crippen molar-refractivity contribution >= 4 is 17.6 Å². The zero-order valence-corrected chi connectivity index (χ0v) is 21.0. The fourth-order valence-corrected chi connectivity index (χ4v) is 8.06. The van der Waals surface area contributed by atoms with Gasteiger partial charge < -0.3 is 14.9 Å². The number of para-hydroxylation sites is 1. The molecule has 35 heavy (non-hydrogen) atoms. The first-order valence-corrected chi connectivity index (χ1v) is 12.9. The van der Waals surface area contributed by atoms with Crippen LogP contribution in [0.5, 0.6) is 0 Å². The summed E-state index contributed by atoms with van der Waals surface area (Å²) in [5.74, 6) is -0.203. The molecule has 1 aromatic carbocycles. The molecule has 1 aromatic rings. The fraction of sp³-hybridized carbons (Fsp3) is 0.586. The van der Waals surface area contributed by atoms with Gasteiger partial charge >= 0.3 is 6.09 Å². The highest BCUT2D eigenvalue weighted by Gasteiger charge is 2.73. The Bertz CT molecular complexity index is 1180. The number of nitrogens with zero attached hydrogens (tertiary/aromatic N) is 1. The number of ether oxygens (including phenoxy) is 1. The summed E-state index contributed by atoms with van der Waals surface area (Å²) in [6.07, 6.45) is 4.18. The summed E-state index contributed by atoms with van der Waals surface area (Å²) >= 11 is 0. The molecule has 6 rings (SSSR count). The standard InChI is InChI=1S/C29H35NO5/c1-16-14-28-11-9-21-23(27(21,3)4)20(25(28)32)13-19(24(31)29(28,34)17(16)2)15-35-26(33)30-12-10-18-7-5-6-8-22(18)30/h5-8,13-14,17,20-21,23-24,31,34H,9-12,15H2,1-4H3/t17-,20-,21+,23-,24+,28+,29+/m0/s1. The molecule has 0 unspecified atom stereocenters. The second kappa shape index (κ2) is 7.30. The van der Waals surface area contributed by atoms with Gasteiger partial charge in [0.05, 0.1) is 11.1 Å². The van der Waals surface area contributed by atoms with Crippen molar-refractivity contribution in [3.63, 3.8) is 0 Å². The van der Waals surface area contributed by atoms with Gasteiger partial charge in [0.25, 0.3) is 0 Å². The molecule has 0 radical (unpaired) electrons. The van der Waals surface area contributed by atoms with Crippen LogP contribution in [0.4, 0.5) is 10.5 Å². The van der Waals surface area contributed by atoms with E-state index in [1.165, 1.54) is 0 Å². The Morgan fingerprint density at radius 1 is 1.26 bits per heavy atom. The van der Waals surface area contributed by atoms with Crippen molar-refractivity contribution in [3.05, 3.63) is 53.1 Å². The monoisotopic (exact) mass is 477 g/mol. The molecule has 1 heterocycles. The Hall–Kier alpha value is -2.44. The summed E-state index contributed by atoms with van der Waals surface area (Å²) in [6, 6.07) is 7.77. The van der Waals surface area contributed by atoms with Crippen molar-refractivity contribution in [1.29, 1.82) is 0 Å². The third-order valence-electron chi connectivity index (χ3n) is 10.3. The van der Waals surface area contributed by atoms with Gasteiger partial charge in [0.1, 0.15) is 18.3 Å². The van der Waals surface area contributed by atoms with Crippen LogP contribution in [0.3, 0.4) is 0 Å². The van der Waals surface area contributed by atoms with E-state index in [-0.39, 0.29) is 29.6 Å². The maximum atomic E-state index is 14.2. The first-order valence-electron chi connectivity index (χ1n) is 12.9. The highest BCUT2D eigenvalue weighted by Crippen LogP contribution is 2.70. The lowest BCUT2D eigenvalue weighted by molar-refractivity contribution is -0.166. The van der Waals surface area contributed by atoms with Gasteiger partial charge in [-0.15, -0.1) is 0 Å². The van der Waals surface area contributed by atoms with Gasteiger partial charge in [0.15, 0.2) is 5.78 Å². The highest BCUT2D eigenvalue weighted by atomic mass is 16.6. The van der Waals surface area contributed by atoms with Gasteiger partial charge in [-0.2, -0.15) is 0 Å². The van der Waals surface area contributed by atoms with Crippen molar-refractivity contribution < 1.29 is 24.5 Å². The molecule has 1 spiro atoms. The number of carbonyl (C=O) groups is 2. The summed E-state index contributed by atoms with van der Waals surface area (Å²) in [6.45, 7) is 8.63. The molecule has 2 N–H and O–H groups in total. The number of benzene rings is 1. The molecular weight excluding hydrogens is 442 g/mol. The van der Waals surface area contributed by atoms with Crippen LogP contribution < -0.4 is 4.90 Å². The number of anilines is 1. The number of ketones is 1. The van der Waals surface area contributed by atoms with Crippen LogP contribution in [0.25, 0.3) is 0 Å². The zero-order valence-electron chi connectivity index (χ0n) is 21.0. The van der Waals surface area contributed by atoms with Gasteiger partial charge in [-0.25, -0.2) is 4.79 Å². The van der Waals surface area contributed by atoms with Crippen LogP contribution >= 0.6 is 0 Å². The smallest absolute Gasteiger partial charge is 0.414 e. The molecule has 6 heteroatoms. The zero-order chi connectivity index (χ0) is 24.9. The number of carbonyl (C=O) groups excluding carboxylic acids is 2. The normalized spacial score (nSPS) is 40.6. The quantitative estimate of drug-likeness (QED) is 0.628. The van der Waals surface area contributed by atoms with Crippen LogP contribution in [0, 0.1) is 34.5 Å². The molecule has 1 aliphatic heterocycles. The molecule has 0 saturated heterocycles. The van der Waals surface area contributed by atoms with Crippen molar-refractivity contribution in [2.24, 2.45) is 34.5 Å². The SMILES string of the molecule is CC1=C[C@@]23CC[C@@H]4[C@H]([C@H](C=C(COC(=O)N5CCc6ccccc65)[C@@H](O)[C@]2(O)[C@H]1C)C3=O)C4(C)C. The Morgan fingerprint density at radius 3 is 2.77 bits per heavy atom. The van der Waals surface area contributed by atoms with Gasteiger partial charge in [0.2, 0.25) is 0 Å². The van der Waals surface area contributed by atoms with Crippen LogP contribution in [0.1, 0.15) is 46.1 Å². The van der Waals surface area contributed by atoms with Gasteiger partial charge in [-0.1, -0.05) is 56.7 Å². The van der Waals surface area contributed by atoms with Crippen molar-refractivity contribution in [3.8, 4) is 0 Å². The summed E-state index contributed by atoms with van der Waals surface area (Å²) in [5.41, 5.74) is 0.596. The first-order chi connectivity index (χ1) is 16.5. The van der Waals surface area contributed by atoms with Crippen molar-refractivity contribution in [2.45, 2.75) is 58.7 Å². The molecule has 2 saturated carbocycles. The first kappa shape index (κ1) is 23.0. The maximum absolute atomic E-state index is 14.2. The van der Waals surface area contributed by atoms with Crippen LogP contribution in [-0.4, -0.2) is 46.9 Å². The summed E-state index contributed by atoms with van der Waals surface area (Å²) in [5, 5.41) is 23.9. The molecule has 4 aliphatic carbocycles. The van der Waals surface area contributed by atoms with E-state index < -0.39 is 29.1 Å². The van der Waals surface area contributed by atoms with Crippen LogP contribution in [0.15, 0.2) is 47.6 Å². The second-order valence-corrected chi connectivity index (χ2v) is 12.0. The lowest BCUT2D eigenvalue weighted by atomic mass is 9.62. The number of hydrogen-bond acceptors (Lipinski definition) is 5. The van der Waals surface area contributed by atoms with E-state index in [1.54, 1.807) is 4.90 Å². The summed E-state index contributed by atoms with van der Waals surface area (Å²) < 4.78 is 5.74. The molecule has 2 fully saturated rings. The predicted molar refractivity (Wildman–Crippen MR) is 132 cm³/mol. The van der Waals surface area contributed by atoms with E-state index in [9.17, 15) is 19.8 Å². The molecule has 0 aromatic heterocycles. The number of aliphatic hydroxyl groups excluding tert-OH is 1. The molecular formula is C29H35NO5. The topological polar surface area (TPSA) is 87.1 Å². The minimum atomic E-state index is -1.65. The largest absolute Gasteiger partial charge is 0.445 e. The molecule has 186 valence electrons. The van der Waals surface area contributed by atoms with Gasteiger partial charge in [0, 0.05) is 18.4 Å². The Kier molecular flexibility index (Phi) is 4.79. The third kappa shape index (κ3) is 2.84. The molecule has 5 aliphatic rings.